The Balaban J connectivity index is 2.07. The smallest absolute Gasteiger partial charge is 0.318 e. The molecule has 1 heterocycles. The van der Waals surface area contributed by atoms with Crippen molar-refractivity contribution in [2.75, 3.05) is 5.32 Å². The van der Waals surface area contributed by atoms with Gasteiger partial charge in [0, 0.05) is 17.0 Å². The SMILES string of the molecule is O=C(/C=C/c1ccc([N+](=O)[O-])s1)Nc1c(F)cccc1F. The van der Waals surface area contributed by atoms with Gasteiger partial charge in [0.25, 0.3) is 0 Å². The van der Waals surface area contributed by atoms with Gasteiger partial charge >= 0.3 is 5.00 Å². The number of benzene rings is 1. The quantitative estimate of drug-likeness (QED) is 0.533. The minimum Gasteiger partial charge on any atom is -0.318 e. The van der Waals surface area contributed by atoms with Crippen molar-refractivity contribution in [2.24, 2.45) is 0 Å². The zero-order valence-electron chi connectivity index (χ0n) is 10.4. The molecule has 5 nitrogen and oxygen atoms in total. The molecule has 108 valence electrons. The van der Waals surface area contributed by atoms with E-state index in [2.05, 4.69) is 5.32 Å². The molecule has 0 fully saturated rings. The zero-order chi connectivity index (χ0) is 15.4. The zero-order valence-corrected chi connectivity index (χ0v) is 11.2. The minimum atomic E-state index is -0.886. The van der Waals surface area contributed by atoms with Crippen molar-refractivity contribution < 1.29 is 18.5 Å². The lowest BCUT2D eigenvalue weighted by molar-refractivity contribution is -0.380. The van der Waals surface area contributed by atoms with E-state index in [1.807, 2.05) is 0 Å². The maximum atomic E-state index is 13.3. The summed E-state index contributed by atoms with van der Waals surface area (Å²) < 4.78 is 26.6. The van der Waals surface area contributed by atoms with E-state index in [-0.39, 0.29) is 5.00 Å². The number of hydrogen-bond acceptors (Lipinski definition) is 4. The summed E-state index contributed by atoms with van der Waals surface area (Å²) in [6.45, 7) is 0. The van der Waals surface area contributed by atoms with Gasteiger partial charge in [-0.2, -0.15) is 0 Å². The van der Waals surface area contributed by atoms with Gasteiger partial charge in [-0.25, -0.2) is 8.78 Å². The molecule has 1 aromatic carbocycles. The molecule has 0 saturated carbocycles. The summed E-state index contributed by atoms with van der Waals surface area (Å²) in [4.78, 5) is 22.0. The Kier molecular flexibility index (Phi) is 4.39. The van der Waals surface area contributed by atoms with Gasteiger partial charge in [-0.3, -0.25) is 14.9 Å². The van der Waals surface area contributed by atoms with E-state index < -0.39 is 28.2 Å². The molecule has 0 bridgehead atoms. The highest BCUT2D eigenvalue weighted by molar-refractivity contribution is 7.16. The third-order valence-electron chi connectivity index (χ3n) is 2.40. The molecule has 0 saturated heterocycles. The monoisotopic (exact) mass is 310 g/mol. The van der Waals surface area contributed by atoms with Gasteiger partial charge in [0.2, 0.25) is 5.91 Å². The number of thiophene rings is 1. The van der Waals surface area contributed by atoms with Crippen molar-refractivity contribution in [3.05, 3.63) is 63.0 Å². The van der Waals surface area contributed by atoms with Gasteiger partial charge in [0.15, 0.2) is 0 Å². The first-order valence-electron chi connectivity index (χ1n) is 5.64. The van der Waals surface area contributed by atoms with E-state index in [9.17, 15) is 23.7 Å². The van der Waals surface area contributed by atoms with E-state index in [1.54, 1.807) is 0 Å². The summed E-state index contributed by atoms with van der Waals surface area (Å²) in [6, 6.07) is 5.99. The number of nitrogens with zero attached hydrogens (tertiary/aromatic N) is 1. The number of carbonyl (C=O) groups is 1. The first-order chi connectivity index (χ1) is 9.97. The molecule has 0 aliphatic carbocycles. The van der Waals surface area contributed by atoms with Crippen molar-refractivity contribution in [3.8, 4) is 0 Å². The molecule has 2 aromatic rings. The molecule has 0 unspecified atom stereocenters. The Morgan fingerprint density at radius 3 is 2.48 bits per heavy atom. The third-order valence-corrected chi connectivity index (χ3v) is 3.40. The number of carbonyl (C=O) groups excluding carboxylic acids is 1. The van der Waals surface area contributed by atoms with Crippen LogP contribution >= 0.6 is 11.3 Å². The van der Waals surface area contributed by atoms with Crippen LogP contribution in [0, 0.1) is 21.7 Å². The van der Waals surface area contributed by atoms with Gasteiger partial charge < -0.3 is 5.32 Å². The maximum absolute atomic E-state index is 13.3. The van der Waals surface area contributed by atoms with E-state index in [4.69, 9.17) is 0 Å². The summed E-state index contributed by atoms with van der Waals surface area (Å²) in [5, 5.41) is 12.5. The number of nitro groups is 1. The Morgan fingerprint density at radius 1 is 1.24 bits per heavy atom. The number of nitrogens with one attached hydrogen (secondary N) is 1. The Hall–Kier alpha value is -2.61. The molecule has 2 rings (SSSR count). The molecular formula is C13H8F2N2O3S. The van der Waals surface area contributed by atoms with E-state index >= 15 is 0 Å². The molecule has 0 atom stereocenters. The summed E-state index contributed by atoms with van der Waals surface area (Å²) in [7, 11) is 0. The molecule has 0 spiro atoms. The molecule has 21 heavy (non-hydrogen) atoms. The molecule has 1 amide bonds. The van der Waals surface area contributed by atoms with Crippen LogP contribution in [-0.4, -0.2) is 10.8 Å². The number of para-hydroxylation sites is 1. The predicted octanol–water partition coefficient (Wildman–Crippen LogP) is 3.59. The second-order valence-electron chi connectivity index (χ2n) is 3.85. The van der Waals surface area contributed by atoms with E-state index in [1.165, 1.54) is 24.3 Å². The Morgan fingerprint density at radius 2 is 1.90 bits per heavy atom. The minimum absolute atomic E-state index is 0.0600. The number of rotatable bonds is 4. The summed E-state index contributed by atoms with van der Waals surface area (Å²) in [6.07, 6.45) is 2.37. The number of halogens is 2. The highest BCUT2D eigenvalue weighted by Crippen LogP contribution is 2.25. The molecular weight excluding hydrogens is 302 g/mol. The predicted molar refractivity (Wildman–Crippen MR) is 75.0 cm³/mol. The lowest BCUT2D eigenvalue weighted by atomic mass is 10.3. The number of hydrogen-bond donors (Lipinski definition) is 1. The first kappa shape index (κ1) is 14.8. The fourth-order valence-corrected chi connectivity index (χ4v) is 2.19. The van der Waals surface area contributed by atoms with Crippen LogP contribution in [0.1, 0.15) is 4.88 Å². The normalized spacial score (nSPS) is 10.8. The number of amides is 1. The van der Waals surface area contributed by atoms with Crippen LogP contribution in [-0.2, 0) is 4.79 Å². The molecule has 1 aromatic heterocycles. The first-order valence-corrected chi connectivity index (χ1v) is 6.46. The van der Waals surface area contributed by atoms with Crippen LogP contribution in [0.3, 0.4) is 0 Å². The van der Waals surface area contributed by atoms with Crippen LogP contribution < -0.4 is 5.32 Å². The average Bonchev–Trinajstić information content (AvgIpc) is 2.90. The van der Waals surface area contributed by atoms with Gasteiger partial charge in [0.05, 0.1) is 4.92 Å². The van der Waals surface area contributed by atoms with Gasteiger partial charge in [-0.15, -0.1) is 0 Å². The lowest BCUT2D eigenvalue weighted by Gasteiger charge is -2.04. The summed E-state index contributed by atoms with van der Waals surface area (Å²) >= 11 is 0.882. The van der Waals surface area contributed by atoms with Crippen molar-refractivity contribution in [1.82, 2.24) is 0 Å². The molecule has 0 radical (unpaired) electrons. The topological polar surface area (TPSA) is 72.2 Å². The fraction of sp³-hybridized carbons (Fsp3) is 0. The van der Waals surface area contributed by atoms with Crippen molar-refractivity contribution >= 4 is 34.0 Å². The van der Waals surface area contributed by atoms with Crippen molar-refractivity contribution in [2.45, 2.75) is 0 Å². The number of anilines is 1. The second kappa shape index (κ2) is 6.23. The average molecular weight is 310 g/mol. The van der Waals surface area contributed by atoms with E-state index in [0.717, 1.165) is 29.5 Å². The fourth-order valence-electron chi connectivity index (χ4n) is 1.47. The highest BCUT2D eigenvalue weighted by Gasteiger charge is 2.11. The molecule has 8 heteroatoms. The van der Waals surface area contributed by atoms with Crippen molar-refractivity contribution in [1.29, 1.82) is 0 Å². The van der Waals surface area contributed by atoms with E-state index in [0.29, 0.717) is 4.88 Å². The molecule has 1 N–H and O–H groups in total. The highest BCUT2D eigenvalue weighted by atomic mass is 32.1. The Bertz CT molecular complexity index is 708. The summed E-state index contributed by atoms with van der Waals surface area (Å²) in [5.74, 6) is -2.51. The molecule has 0 aliphatic heterocycles. The van der Waals surface area contributed by atoms with Crippen LogP contribution in [0.5, 0.6) is 0 Å². The third kappa shape index (κ3) is 3.69. The molecule has 0 aliphatic rings. The Labute approximate surface area is 121 Å². The van der Waals surface area contributed by atoms with Crippen LogP contribution in [0.15, 0.2) is 36.4 Å². The largest absolute Gasteiger partial charge is 0.324 e. The second-order valence-corrected chi connectivity index (χ2v) is 4.95. The van der Waals surface area contributed by atoms with Gasteiger partial charge in [-0.05, 0) is 24.3 Å². The van der Waals surface area contributed by atoms with Crippen LogP contribution in [0.4, 0.5) is 19.5 Å². The maximum Gasteiger partial charge on any atom is 0.324 e. The van der Waals surface area contributed by atoms with Crippen molar-refractivity contribution in [3.63, 3.8) is 0 Å². The van der Waals surface area contributed by atoms with Gasteiger partial charge in [0.1, 0.15) is 17.3 Å². The lowest BCUT2D eigenvalue weighted by Crippen LogP contribution is -2.10. The van der Waals surface area contributed by atoms with Gasteiger partial charge in [-0.1, -0.05) is 17.4 Å². The summed E-state index contributed by atoms with van der Waals surface area (Å²) in [5.41, 5.74) is -0.538. The standard InChI is InChI=1S/C13H8F2N2O3S/c14-9-2-1-3-10(15)13(9)16-11(18)6-4-8-5-7-12(21-8)17(19)20/h1-7H,(H,16,18)/b6-4+. The van der Waals surface area contributed by atoms with Crippen LogP contribution in [0.25, 0.3) is 6.08 Å². The van der Waals surface area contributed by atoms with Crippen LogP contribution in [0.2, 0.25) is 0 Å².